The lowest BCUT2D eigenvalue weighted by Crippen LogP contribution is -2.50. The second-order valence-electron chi connectivity index (χ2n) is 9.45. The Kier molecular flexibility index (Phi) is 8.40. The molecule has 1 fully saturated rings. The van der Waals surface area contributed by atoms with Crippen molar-refractivity contribution in [2.45, 2.75) is 58.2 Å². The summed E-state index contributed by atoms with van der Waals surface area (Å²) in [7, 11) is 0. The van der Waals surface area contributed by atoms with Gasteiger partial charge < -0.3 is 15.2 Å². The van der Waals surface area contributed by atoms with Crippen LogP contribution in [0.1, 0.15) is 54.4 Å². The molecule has 11 heteroatoms. The van der Waals surface area contributed by atoms with Crippen molar-refractivity contribution < 1.29 is 27.3 Å². The minimum Gasteiger partial charge on any atom is -0.364 e. The zero-order valence-electron chi connectivity index (χ0n) is 20.9. The van der Waals surface area contributed by atoms with Crippen molar-refractivity contribution in [3.05, 3.63) is 64.8 Å². The fourth-order valence-electron chi connectivity index (χ4n) is 4.92. The third kappa shape index (κ3) is 6.18. The van der Waals surface area contributed by atoms with E-state index in [0.29, 0.717) is 22.8 Å². The summed E-state index contributed by atoms with van der Waals surface area (Å²) in [6.45, 7) is 3.65. The van der Waals surface area contributed by atoms with Crippen LogP contribution in [0.25, 0.3) is 11.1 Å². The minimum absolute atomic E-state index is 0.0960. The molecule has 0 bridgehead atoms. The number of amides is 2. The van der Waals surface area contributed by atoms with Gasteiger partial charge in [-0.3, -0.25) is 14.6 Å². The Labute approximate surface area is 223 Å². The number of aryl methyl sites for hydroxylation is 2. The van der Waals surface area contributed by atoms with Crippen LogP contribution in [0, 0.1) is 18.8 Å². The van der Waals surface area contributed by atoms with Crippen LogP contribution < -0.4 is 10.6 Å². The Morgan fingerprint density at radius 2 is 1.82 bits per heavy atom. The molecule has 7 nitrogen and oxygen atoms in total. The maximum Gasteiger partial charge on any atom is 0.391 e. The van der Waals surface area contributed by atoms with Gasteiger partial charge in [-0.1, -0.05) is 35.8 Å². The SMILES string of the molecule is CCc1nocc1C(=O)NC(C(=O)Nc1ccc(-c2c(Cl)ccnc2C)cc1)C1CCC(C(F)(F)F)CC1. The van der Waals surface area contributed by atoms with Crippen molar-refractivity contribution >= 4 is 29.1 Å². The summed E-state index contributed by atoms with van der Waals surface area (Å²) in [5.74, 6) is -2.93. The molecule has 1 atom stereocenters. The highest BCUT2D eigenvalue weighted by atomic mass is 35.5. The maximum atomic E-state index is 13.4. The molecule has 1 unspecified atom stereocenters. The van der Waals surface area contributed by atoms with Crippen molar-refractivity contribution in [3.63, 3.8) is 0 Å². The molecule has 38 heavy (non-hydrogen) atoms. The van der Waals surface area contributed by atoms with E-state index in [-0.39, 0.29) is 31.2 Å². The van der Waals surface area contributed by atoms with E-state index in [9.17, 15) is 22.8 Å². The molecule has 1 saturated carbocycles. The van der Waals surface area contributed by atoms with Crippen molar-refractivity contribution in [2.24, 2.45) is 11.8 Å². The Balaban J connectivity index is 1.53. The molecule has 4 rings (SSSR count). The molecule has 1 aromatic carbocycles. The number of halogens is 4. The topological polar surface area (TPSA) is 97.1 Å². The lowest BCUT2D eigenvalue weighted by molar-refractivity contribution is -0.184. The van der Waals surface area contributed by atoms with Gasteiger partial charge in [0.15, 0.2) is 0 Å². The van der Waals surface area contributed by atoms with E-state index in [0.717, 1.165) is 16.8 Å². The predicted octanol–water partition coefficient (Wildman–Crippen LogP) is 6.37. The normalized spacial score (nSPS) is 18.6. The van der Waals surface area contributed by atoms with Gasteiger partial charge >= 0.3 is 6.18 Å². The van der Waals surface area contributed by atoms with Gasteiger partial charge in [-0.05, 0) is 68.7 Å². The van der Waals surface area contributed by atoms with Crippen LogP contribution >= 0.6 is 11.6 Å². The number of nitrogens with zero attached hydrogens (tertiary/aromatic N) is 2. The monoisotopic (exact) mass is 548 g/mol. The first kappa shape index (κ1) is 27.6. The average molecular weight is 549 g/mol. The van der Waals surface area contributed by atoms with E-state index in [1.165, 1.54) is 6.26 Å². The van der Waals surface area contributed by atoms with Gasteiger partial charge in [0.05, 0.1) is 16.6 Å². The predicted molar refractivity (Wildman–Crippen MR) is 137 cm³/mol. The molecule has 0 saturated heterocycles. The second kappa shape index (κ2) is 11.6. The number of hydrogen-bond donors (Lipinski definition) is 2. The number of hydrogen-bond acceptors (Lipinski definition) is 5. The summed E-state index contributed by atoms with van der Waals surface area (Å²) in [6.07, 6.45) is -0.887. The quantitative estimate of drug-likeness (QED) is 0.358. The van der Waals surface area contributed by atoms with E-state index < -0.39 is 35.9 Å². The highest BCUT2D eigenvalue weighted by molar-refractivity contribution is 6.33. The molecule has 0 aliphatic heterocycles. The molecule has 2 amide bonds. The van der Waals surface area contributed by atoms with Crippen LogP contribution in [-0.4, -0.2) is 34.2 Å². The van der Waals surface area contributed by atoms with Gasteiger partial charge in [0.2, 0.25) is 5.91 Å². The molecule has 0 spiro atoms. The lowest BCUT2D eigenvalue weighted by Gasteiger charge is -2.34. The molecular formula is C27H28ClF3N4O3. The first-order chi connectivity index (χ1) is 18.1. The van der Waals surface area contributed by atoms with Gasteiger partial charge in [0.1, 0.15) is 17.9 Å². The van der Waals surface area contributed by atoms with Crippen LogP contribution in [0.15, 0.2) is 47.3 Å². The van der Waals surface area contributed by atoms with E-state index in [1.807, 2.05) is 6.92 Å². The molecule has 202 valence electrons. The van der Waals surface area contributed by atoms with Crippen LogP contribution in [0.3, 0.4) is 0 Å². The van der Waals surface area contributed by atoms with Gasteiger partial charge in [-0.25, -0.2) is 0 Å². The van der Waals surface area contributed by atoms with Crippen LogP contribution in [-0.2, 0) is 11.2 Å². The summed E-state index contributed by atoms with van der Waals surface area (Å²) in [5, 5.41) is 9.88. The van der Waals surface area contributed by atoms with Crippen LogP contribution in [0.5, 0.6) is 0 Å². The molecule has 3 aromatic rings. The van der Waals surface area contributed by atoms with E-state index in [2.05, 4.69) is 20.8 Å². The largest absolute Gasteiger partial charge is 0.391 e. The van der Waals surface area contributed by atoms with E-state index in [1.54, 1.807) is 43.5 Å². The summed E-state index contributed by atoms with van der Waals surface area (Å²) < 4.78 is 44.6. The van der Waals surface area contributed by atoms with E-state index >= 15 is 0 Å². The van der Waals surface area contributed by atoms with Crippen LogP contribution in [0.2, 0.25) is 5.02 Å². The summed E-state index contributed by atoms with van der Waals surface area (Å²) >= 11 is 6.33. The number of nitrogens with one attached hydrogen (secondary N) is 2. The third-order valence-corrected chi connectivity index (χ3v) is 7.34. The number of carbonyl (C=O) groups excluding carboxylic acids is 2. The third-order valence-electron chi connectivity index (χ3n) is 7.03. The molecule has 0 radical (unpaired) electrons. The second-order valence-corrected chi connectivity index (χ2v) is 9.86. The first-order valence-electron chi connectivity index (χ1n) is 12.4. The molecule has 2 heterocycles. The number of benzene rings is 1. The number of aromatic nitrogens is 2. The zero-order chi connectivity index (χ0) is 27.4. The van der Waals surface area contributed by atoms with Crippen molar-refractivity contribution in [3.8, 4) is 11.1 Å². The number of alkyl halides is 3. The first-order valence-corrected chi connectivity index (χ1v) is 12.8. The summed E-state index contributed by atoms with van der Waals surface area (Å²) in [4.78, 5) is 30.7. The van der Waals surface area contributed by atoms with Crippen molar-refractivity contribution in [2.75, 3.05) is 5.32 Å². The number of anilines is 1. The Morgan fingerprint density at radius 3 is 2.42 bits per heavy atom. The fraction of sp³-hybridized carbons (Fsp3) is 0.407. The molecule has 1 aliphatic rings. The Hall–Kier alpha value is -3.40. The maximum absolute atomic E-state index is 13.4. The number of pyridine rings is 1. The smallest absolute Gasteiger partial charge is 0.364 e. The molecule has 2 aromatic heterocycles. The van der Waals surface area contributed by atoms with Gasteiger partial charge in [0, 0.05) is 23.1 Å². The summed E-state index contributed by atoms with van der Waals surface area (Å²) in [6, 6.07) is 7.64. The molecular weight excluding hydrogens is 521 g/mol. The van der Waals surface area contributed by atoms with Crippen molar-refractivity contribution in [1.29, 1.82) is 0 Å². The average Bonchev–Trinajstić information content (AvgIpc) is 3.37. The highest BCUT2D eigenvalue weighted by Gasteiger charge is 2.44. The Bertz CT molecular complexity index is 1270. The molecule has 1 aliphatic carbocycles. The van der Waals surface area contributed by atoms with Gasteiger partial charge in [0.25, 0.3) is 5.91 Å². The minimum atomic E-state index is -4.28. The standard InChI is InChI=1S/C27H28ClF3N4O3/c1-3-22-20(14-38-35-22)25(36)34-24(17-4-8-18(9-5-17)27(29,30)31)26(37)33-19-10-6-16(7-11-19)23-15(2)32-13-12-21(23)28/h6-7,10-14,17-18,24H,3-5,8-9H2,1-2H3,(H,33,37)(H,34,36). The highest BCUT2D eigenvalue weighted by Crippen LogP contribution is 2.40. The van der Waals surface area contributed by atoms with Gasteiger partial charge in [-0.2, -0.15) is 13.2 Å². The Morgan fingerprint density at radius 1 is 1.13 bits per heavy atom. The zero-order valence-corrected chi connectivity index (χ0v) is 21.7. The van der Waals surface area contributed by atoms with E-state index in [4.69, 9.17) is 16.1 Å². The number of carbonyl (C=O) groups is 2. The summed E-state index contributed by atoms with van der Waals surface area (Å²) in [5.41, 5.74) is 3.45. The lowest BCUT2D eigenvalue weighted by atomic mass is 9.78. The van der Waals surface area contributed by atoms with Gasteiger partial charge in [-0.15, -0.1) is 0 Å². The van der Waals surface area contributed by atoms with Crippen molar-refractivity contribution in [1.82, 2.24) is 15.5 Å². The molecule has 2 N–H and O–H groups in total. The van der Waals surface area contributed by atoms with Crippen LogP contribution in [0.4, 0.5) is 18.9 Å². The number of rotatable bonds is 7. The fourth-order valence-corrected chi connectivity index (χ4v) is 5.22.